The second-order valence-corrected chi connectivity index (χ2v) is 5.78. The second kappa shape index (κ2) is 6.20. The van der Waals surface area contributed by atoms with Crippen molar-refractivity contribution in [2.24, 2.45) is 0 Å². The van der Waals surface area contributed by atoms with E-state index in [-0.39, 0.29) is 17.6 Å². The lowest BCUT2D eigenvalue weighted by Crippen LogP contribution is -2.35. The van der Waals surface area contributed by atoms with Gasteiger partial charge < -0.3 is 10.0 Å². The topological polar surface area (TPSA) is 70.5 Å². The van der Waals surface area contributed by atoms with Gasteiger partial charge in [0.25, 0.3) is 5.91 Å². The molecule has 2 heterocycles. The summed E-state index contributed by atoms with van der Waals surface area (Å²) in [6.45, 7) is 2.75. The normalized spacial score (nSPS) is 20.5. The average molecular weight is 310 g/mol. The highest BCUT2D eigenvalue weighted by Gasteiger charge is 2.35. The number of nitrogens with zero attached hydrogens (tertiary/aromatic N) is 2. The molecule has 0 radical (unpaired) electrons. The molecular formula is C18H18N2O3. The number of pyridine rings is 1. The third-order valence-corrected chi connectivity index (χ3v) is 4.47. The number of aromatic nitrogens is 1. The summed E-state index contributed by atoms with van der Waals surface area (Å²) in [7, 11) is 0. The highest BCUT2D eigenvalue weighted by atomic mass is 16.4. The summed E-state index contributed by atoms with van der Waals surface area (Å²) >= 11 is 0. The van der Waals surface area contributed by atoms with Crippen molar-refractivity contribution in [1.29, 1.82) is 0 Å². The van der Waals surface area contributed by atoms with Gasteiger partial charge >= 0.3 is 5.97 Å². The van der Waals surface area contributed by atoms with E-state index in [1.165, 1.54) is 23.9 Å². The van der Waals surface area contributed by atoms with Crippen LogP contribution >= 0.6 is 0 Å². The molecule has 2 atom stereocenters. The fourth-order valence-corrected chi connectivity index (χ4v) is 3.18. The lowest BCUT2D eigenvalue weighted by Gasteiger charge is -2.25. The molecule has 2 unspecified atom stereocenters. The van der Waals surface area contributed by atoms with Crippen LogP contribution in [0.25, 0.3) is 0 Å². The van der Waals surface area contributed by atoms with Crippen LogP contribution in [-0.2, 0) is 0 Å². The Morgan fingerprint density at radius 2 is 1.91 bits per heavy atom. The highest BCUT2D eigenvalue weighted by Crippen LogP contribution is 2.33. The number of amides is 1. The van der Waals surface area contributed by atoms with Crippen LogP contribution in [0.2, 0.25) is 0 Å². The molecule has 1 N–H and O–H groups in total. The van der Waals surface area contributed by atoms with Crippen LogP contribution in [0, 0.1) is 0 Å². The van der Waals surface area contributed by atoms with E-state index in [0.717, 1.165) is 6.42 Å². The predicted octanol–water partition coefficient (Wildman–Crippen LogP) is 2.80. The molecular weight excluding hydrogens is 292 g/mol. The van der Waals surface area contributed by atoms with Gasteiger partial charge in [-0.3, -0.25) is 4.79 Å². The first-order chi connectivity index (χ1) is 11.1. The van der Waals surface area contributed by atoms with Crippen molar-refractivity contribution in [3.05, 3.63) is 65.5 Å². The monoisotopic (exact) mass is 310 g/mol. The van der Waals surface area contributed by atoms with E-state index in [0.29, 0.717) is 18.0 Å². The van der Waals surface area contributed by atoms with Gasteiger partial charge in [-0.1, -0.05) is 30.3 Å². The van der Waals surface area contributed by atoms with Gasteiger partial charge in [0.15, 0.2) is 0 Å². The first kappa shape index (κ1) is 15.2. The molecule has 23 heavy (non-hydrogen) atoms. The number of carboxylic acids is 1. The fourth-order valence-electron chi connectivity index (χ4n) is 3.18. The molecule has 5 nitrogen and oxygen atoms in total. The van der Waals surface area contributed by atoms with Crippen LogP contribution in [0.5, 0.6) is 0 Å². The Balaban J connectivity index is 1.77. The van der Waals surface area contributed by atoms with Crippen LogP contribution in [-0.4, -0.2) is 39.5 Å². The summed E-state index contributed by atoms with van der Waals surface area (Å²) in [5.41, 5.74) is 1.61. The Hall–Kier alpha value is -2.69. The van der Waals surface area contributed by atoms with E-state index >= 15 is 0 Å². The fraction of sp³-hybridized carbons (Fsp3) is 0.278. The molecule has 0 spiro atoms. The Morgan fingerprint density at radius 3 is 2.52 bits per heavy atom. The second-order valence-electron chi connectivity index (χ2n) is 5.78. The van der Waals surface area contributed by atoms with Crippen LogP contribution in [0.3, 0.4) is 0 Å². The molecule has 3 rings (SSSR count). The van der Waals surface area contributed by atoms with Crippen molar-refractivity contribution in [2.75, 3.05) is 6.54 Å². The third kappa shape index (κ3) is 2.95. The van der Waals surface area contributed by atoms with Gasteiger partial charge in [0.05, 0.1) is 5.56 Å². The van der Waals surface area contributed by atoms with Gasteiger partial charge in [-0.15, -0.1) is 0 Å². The van der Waals surface area contributed by atoms with E-state index in [9.17, 15) is 9.59 Å². The molecule has 1 aromatic heterocycles. The summed E-state index contributed by atoms with van der Waals surface area (Å²) in [6, 6.07) is 13.2. The number of hydrogen-bond donors (Lipinski definition) is 1. The van der Waals surface area contributed by atoms with Gasteiger partial charge in [-0.25, -0.2) is 9.78 Å². The number of likely N-dealkylation sites (tertiary alicyclic amines) is 1. The Morgan fingerprint density at radius 1 is 1.17 bits per heavy atom. The van der Waals surface area contributed by atoms with Crippen LogP contribution in [0.4, 0.5) is 0 Å². The molecule has 1 amide bonds. The maximum absolute atomic E-state index is 12.7. The number of rotatable bonds is 3. The minimum Gasteiger partial charge on any atom is -0.477 e. The SMILES string of the molecule is CC1C(c2ccccc2)CCN1C(=O)c1ccc(C(=O)O)nc1. The zero-order valence-electron chi connectivity index (χ0n) is 12.8. The number of benzene rings is 1. The largest absolute Gasteiger partial charge is 0.477 e. The quantitative estimate of drug-likeness (QED) is 0.946. The van der Waals surface area contributed by atoms with Crippen molar-refractivity contribution in [1.82, 2.24) is 9.88 Å². The molecule has 1 aliphatic heterocycles. The summed E-state index contributed by atoms with van der Waals surface area (Å²) in [5.74, 6) is -0.866. The first-order valence-corrected chi connectivity index (χ1v) is 7.63. The van der Waals surface area contributed by atoms with Crippen molar-refractivity contribution in [3.63, 3.8) is 0 Å². The summed E-state index contributed by atoms with van der Waals surface area (Å²) in [4.78, 5) is 29.2. The van der Waals surface area contributed by atoms with E-state index < -0.39 is 5.97 Å². The van der Waals surface area contributed by atoms with Gasteiger partial charge in [0.1, 0.15) is 5.69 Å². The van der Waals surface area contributed by atoms with Gasteiger partial charge in [-0.05, 0) is 31.0 Å². The Kier molecular flexibility index (Phi) is 4.10. The first-order valence-electron chi connectivity index (χ1n) is 7.63. The van der Waals surface area contributed by atoms with Crippen LogP contribution in [0.15, 0.2) is 48.7 Å². The molecule has 1 aliphatic rings. The summed E-state index contributed by atoms with van der Waals surface area (Å²) in [5, 5.41) is 8.87. The molecule has 2 aromatic rings. The van der Waals surface area contributed by atoms with Crippen molar-refractivity contribution in [2.45, 2.75) is 25.3 Å². The molecule has 1 aromatic carbocycles. The number of carbonyl (C=O) groups is 2. The smallest absolute Gasteiger partial charge is 0.354 e. The molecule has 1 fully saturated rings. The zero-order valence-corrected chi connectivity index (χ0v) is 12.8. The van der Waals surface area contributed by atoms with E-state index in [1.54, 1.807) is 0 Å². The van der Waals surface area contributed by atoms with Gasteiger partial charge in [0, 0.05) is 24.7 Å². The molecule has 1 saturated heterocycles. The minimum absolute atomic E-state index is 0.0572. The van der Waals surface area contributed by atoms with E-state index in [4.69, 9.17) is 5.11 Å². The number of carbonyl (C=O) groups excluding carboxylic acids is 1. The molecule has 0 saturated carbocycles. The van der Waals surface area contributed by atoms with Crippen molar-refractivity contribution < 1.29 is 14.7 Å². The Labute approximate surface area is 134 Å². The van der Waals surface area contributed by atoms with Crippen LogP contribution in [0.1, 0.15) is 45.7 Å². The summed E-state index contributed by atoms with van der Waals surface area (Å²) < 4.78 is 0. The average Bonchev–Trinajstić information content (AvgIpc) is 2.96. The molecule has 5 heteroatoms. The Bertz CT molecular complexity index is 713. The lowest BCUT2D eigenvalue weighted by molar-refractivity contribution is 0.0686. The van der Waals surface area contributed by atoms with E-state index in [2.05, 4.69) is 24.0 Å². The number of aromatic carboxylic acids is 1. The molecule has 0 aliphatic carbocycles. The summed E-state index contributed by atoms with van der Waals surface area (Å²) in [6.07, 6.45) is 2.27. The lowest BCUT2D eigenvalue weighted by atomic mass is 9.93. The predicted molar refractivity (Wildman–Crippen MR) is 85.5 cm³/mol. The third-order valence-electron chi connectivity index (χ3n) is 4.47. The van der Waals surface area contributed by atoms with Gasteiger partial charge in [-0.2, -0.15) is 0 Å². The van der Waals surface area contributed by atoms with Crippen molar-refractivity contribution in [3.8, 4) is 0 Å². The number of carboxylic acid groups (broad SMARTS) is 1. The van der Waals surface area contributed by atoms with Crippen LogP contribution < -0.4 is 0 Å². The van der Waals surface area contributed by atoms with E-state index in [1.807, 2.05) is 23.1 Å². The maximum atomic E-state index is 12.7. The zero-order chi connectivity index (χ0) is 16.4. The molecule has 0 bridgehead atoms. The number of hydrogen-bond acceptors (Lipinski definition) is 3. The minimum atomic E-state index is -1.09. The van der Waals surface area contributed by atoms with Crippen molar-refractivity contribution >= 4 is 11.9 Å². The maximum Gasteiger partial charge on any atom is 0.354 e. The standard InChI is InChI=1S/C18H18N2O3/c1-12-15(13-5-3-2-4-6-13)9-10-20(12)17(21)14-7-8-16(18(22)23)19-11-14/h2-8,11-12,15H,9-10H2,1H3,(H,22,23). The van der Waals surface area contributed by atoms with Gasteiger partial charge in [0.2, 0.25) is 0 Å². The molecule has 118 valence electrons. The highest BCUT2D eigenvalue weighted by molar-refractivity contribution is 5.95.